The van der Waals surface area contributed by atoms with Gasteiger partial charge in [-0.1, -0.05) is 6.07 Å². The quantitative estimate of drug-likeness (QED) is 0.790. The minimum Gasteiger partial charge on any atom is -0.369 e. The van der Waals surface area contributed by atoms with E-state index in [4.69, 9.17) is 4.74 Å². The van der Waals surface area contributed by atoms with Crippen LogP contribution < -0.4 is 0 Å². The van der Waals surface area contributed by atoms with Gasteiger partial charge in [-0.05, 0) is 18.4 Å². The van der Waals surface area contributed by atoms with Gasteiger partial charge in [-0.15, -0.1) is 11.3 Å². The highest BCUT2D eigenvalue weighted by molar-refractivity contribution is 7.13. The van der Waals surface area contributed by atoms with Crippen LogP contribution in [0.4, 0.5) is 0 Å². The molecule has 1 saturated heterocycles. The van der Waals surface area contributed by atoms with E-state index in [9.17, 15) is 0 Å². The van der Waals surface area contributed by atoms with E-state index in [1.54, 1.807) is 17.5 Å². The fourth-order valence-corrected chi connectivity index (χ4v) is 3.66. The van der Waals surface area contributed by atoms with Crippen molar-refractivity contribution in [3.05, 3.63) is 53.1 Å². The molecule has 0 amide bonds. The Morgan fingerprint density at radius 3 is 3.08 bits per heavy atom. The minimum atomic E-state index is -0.0241. The van der Waals surface area contributed by atoms with Crippen molar-refractivity contribution >= 4 is 11.3 Å². The number of aryl methyl sites for hydroxylation is 1. The number of rotatable bonds is 4. The molecule has 1 aliphatic heterocycles. The van der Waals surface area contributed by atoms with E-state index in [1.165, 1.54) is 10.4 Å². The van der Waals surface area contributed by atoms with Crippen LogP contribution in [0.5, 0.6) is 0 Å². The largest absolute Gasteiger partial charge is 0.369 e. The Balaban J connectivity index is 1.48. The third-order valence-corrected chi connectivity index (χ3v) is 5.05. The summed E-state index contributed by atoms with van der Waals surface area (Å²) in [6.45, 7) is 5.21. The van der Waals surface area contributed by atoms with Crippen molar-refractivity contribution in [1.29, 1.82) is 0 Å². The van der Waals surface area contributed by atoms with Crippen LogP contribution in [-0.2, 0) is 11.3 Å². The second kappa shape index (κ2) is 6.80. The minimum absolute atomic E-state index is 0.0241. The second-order valence-electron chi connectivity index (χ2n) is 5.92. The molecule has 4 heterocycles. The van der Waals surface area contributed by atoms with Crippen LogP contribution in [0, 0.1) is 6.92 Å². The zero-order valence-electron chi connectivity index (χ0n) is 13.5. The fourth-order valence-electron chi connectivity index (χ4n) is 2.90. The Morgan fingerprint density at radius 1 is 1.33 bits per heavy atom. The molecule has 0 unspecified atom stereocenters. The number of ether oxygens (including phenoxy) is 1. The van der Waals surface area contributed by atoms with Gasteiger partial charge < -0.3 is 4.74 Å². The average Bonchev–Trinajstić information content (AvgIpc) is 3.27. The number of thiophene rings is 1. The molecule has 24 heavy (non-hydrogen) atoms. The van der Waals surface area contributed by atoms with E-state index in [0.717, 1.165) is 36.7 Å². The molecule has 124 valence electrons. The molecule has 4 rings (SSSR count). The topological polar surface area (TPSA) is 66.9 Å². The van der Waals surface area contributed by atoms with Crippen molar-refractivity contribution in [2.24, 2.45) is 0 Å². The maximum absolute atomic E-state index is 5.89. The third-order valence-electron chi connectivity index (χ3n) is 4.16. The zero-order valence-corrected chi connectivity index (χ0v) is 14.3. The van der Waals surface area contributed by atoms with Crippen LogP contribution in [0.3, 0.4) is 0 Å². The molecule has 3 aromatic heterocycles. The molecule has 1 aliphatic rings. The lowest BCUT2D eigenvalue weighted by Crippen LogP contribution is -2.38. The molecule has 0 saturated carbocycles. The van der Waals surface area contributed by atoms with Crippen molar-refractivity contribution in [3.8, 4) is 10.6 Å². The summed E-state index contributed by atoms with van der Waals surface area (Å²) in [4.78, 5) is 12.4. The summed E-state index contributed by atoms with van der Waals surface area (Å²) in [6, 6.07) is 4.18. The Hall–Kier alpha value is -2.09. The molecule has 0 bridgehead atoms. The van der Waals surface area contributed by atoms with E-state index in [0.29, 0.717) is 6.61 Å². The molecule has 3 aromatic rings. The third kappa shape index (κ3) is 3.24. The summed E-state index contributed by atoms with van der Waals surface area (Å²) < 4.78 is 5.89. The van der Waals surface area contributed by atoms with Crippen LogP contribution in [0.2, 0.25) is 0 Å². The van der Waals surface area contributed by atoms with E-state index in [2.05, 4.69) is 42.6 Å². The van der Waals surface area contributed by atoms with Crippen LogP contribution in [0.25, 0.3) is 10.6 Å². The lowest BCUT2D eigenvalue weighted by Gasteiger charge is -2.32. The number of aromatic amines is 1. The predicted octanol–water partition coefficient (Wildman–Crippen LogP) is 2.81. The first-order valence-electron chi connectivity index (χ1n) is 7.98. The van der Waals surface area contributed by atoms with Gasteiger partial charge in [-0.2, -0.15) is 5.10 Å². The number of morpholine rings is 1. The number of aromatic nitrogens is 4. The van der Waals surface area contributed by atoms with Gasteiger partial charge >= 0.3 is 0 Å². The SMILES string of the molecule is Cc1cnc([C@@H]2CN(Cc3cn[nH]c3-c3cccs3)CCO2)cn1. The Kier molecular flexibility index (Phi) is 4.38. The maximum atomic E-state index is 5.89. The van der Waals surface area contributed by atoms with Crippen molar-refractivity contribution in [2.45, 2.75) is 19.6 Å². The molecule has 0 radical (unpaired) electrons. The van der Waals surface area contributed by atoms with E-state index < -0.39 is 0 Å². The molecule has 1 fully saturated rings. The molecule has 7 heteroatoms. The number of nitrogens with one attached hydrogen (secondary N) is 1. The van der Waals surface area contributed by atoms with Gasteiger partial charge in [0.2, 0.25) is 0 Å². The molecule has 1 atom stereocenters. The first kappa shape index (κ1) is 15.4. The Bertz CT molecular complexity index is 784. The molecule has 0 spiro atoms. The Labute approximate surface area is 144 Å². The van der Waals surface area contributed by atoms with Gasteiger partial charge in [0.25, 0.3) is 0 Å². The summed E-state index contributed by atoms with van der Waals surface area (Å²) >= 11 is 1.72. The standard InChI is InChI=1S/C17H19N5OS/c1-12-7-19-14(9-18-12)15-11-22(4-5-23-15)10-13-8-20-21-17(13)16-3-2-6-24-16/h2-3,6-9,15H,4-5,10-11H2,1H3,(H,20,21)/t15-/m0/s1. The normalized spacial score (nSPS) is 18.8. The summed E-state index contributed by atoms with van der Waals surface area (Å²) in [6.07, 6.45) is 5.51. The van der Waals surface area contributed by atoms with E-state index >= 15 is 0 Å². The van der Waals surface area contributed by atoms with Gasteiger partial charge in [0.15, 0.2) is 0 Å². The summed E-state index contributed by atoms with van der Waals surface area (Å²) in [5, 5.41) is 9.44. The van der Waals surface area contributed by atoms with Crippen LogP contribution >= 0.6 is 11.3 Å². The molecule has 0 aromatic carbocycles. The molecule has 6 nitrogen and oxygen atoms in total. The lowest BCUT2D eigenvalue weighted by molar-refractivity contribution is -0.0351. The van der Waals surface area contributed by atoms with Gasteiger partial charge in [0, 0.05) is 31.4 Å². The van der Waals surface area contributed by atoms with E-state index in [-0.39, 0.29) is 6.10 Å². The molecule has 1 N–H and O–H groups in total. The summed E-state index contributed by atoms with van der Waals surface area (Å²) in [5.41, 5.74) is 4.15. The average molecular weight is 341 g/mol. The smallest absolute Gasteiger partial charge is 0.114 e. The molecular formula is C17H19N5OS. The Morgan fingerprint density at radius 2 is 2.29 bits per heavy atom. The zero-order chi connectivity index (χ0) is 16.4. The first-order chi connectivity index (χ1) is 11.8. The fraction of sp³-hybridized carbons (Fsp3) is 0.353. The van der Waals surface area contributed by atoms with Gasteiger partial charge in [0.1, 0.15) is 6.10 Å². The number of nitrogens with zero attached hydrogens (tertiary/aromatic N) is 4. The van der Waals surface area contributed by atoms with Gasteiger partial charge in [-0.25, -0.2) is 0 Å². The number of hydrogen-bond acceptors (Lipinski definition) is 6. The highest BCUT2D eigenvalue weighted by Crippen LogP contribution is 2.28. The van der Waals surface area contributed by atoms with Crippen molar-refractivity contribution in [1.82, 2.24) is 25.1 Å². The van der Waals surface area contributed by atoms with Crippen molar-refractivity contribution in [2.75, 3.05) is 19.7 Å². The summed E-state index contributed by atoms with van der Waals surface area (Å²) in [7, 11) is 0. The summed E-state index contributed by atoms with van der Waals surface area (Å²) in [5.74, 6) is 0. The monoisotopic (exact) mass is 341 g/mol. The van der Waals surface area contributed by atoms with Crippen LogP contribution in [-0.4, -0.2) is 44.8 Å². The number of hydrogen-bond donors (Lipinski definition) is 1. The van der Waals surface area contributed by atoms with Crippen LogP contribution in [0.1, 0.15) is 23.1 Å². The van der Waals surface area contributed by atoms with Crippen LogP contribution in [0.15, 0.2) is 36.1 Å². The number of H-pyrrole nitrogens is 1. The second-order valence-corrected chi connectivity index (χ2v) is 6.87. The van der Waals surface area contributed by atoms with Gasteiger partial charge in [-0.3, -0.25) is 20.0 Å². The lowest BCUT2D eigenvalue weighted by atomic mass is 10.1. The van der Waals surface area contributed by atoms with E-state index in [1.807, 2.05) is 19.3 Å². The highest BCUT2D eigenvalue weighted by Gasteiger charge is 2.24. The van der Waals surface area contributed by atoms with Gasteiger partial charge in [0.05, 0.1) is 41.0 Å². The molecule has 0 aliphatic carbocycles. The predicted molar refractivity (Wildman–Crippen MR) is 92.6 cm³/mol. The maximum Gasteiger partial charge on any atom is 0.114 e. The first-order valence-corrected chi connectivity index (χ1v) is 8.86. The van der Waals surface area contributed by atoms with Crippen molar-refractivity contribution < 1.29 is 4.74 Å². The highest BCUT2D eigenvalue weighted by atomic mass is 32.1. The van der Waals surface area contributed by atoms with Crippen molar-refractivity contribution in [3.63, 3.8) is 0 Å². The molecular weight excluding hydrogens is 322 g/mol.